The average molecular weight is 276 g/mol. The zero-order valence-corrected chi connectivity index (χ0v) is 12.6. The molecular weight excluding hydrogens is 252 g/mol. The molecule has 1 atom stereocenters. The first-order valence-electron chi connectivity index (χ1n) is 7.57. The molecule has 0 N–H and O–H groups in total. The van der Waals surface area contributed by atoms with Crippen molar-refractivity contribution in [2.24, 2.45) is 0 Å². The number of likely N-dealkylation sites (N-methyl/N-ethyl adjacent to an activating group) is 1. The summed E-state index contributed by atoms with van der Waals surface area (Å²) < 4.78 is 11.7. The van der Waals surface area contributed by atoms with Gasteiger partial charge < -0.3 is 9.47 Å². The van der Waals surface area contributed by atoms with Crippen LogP contribution in [0.1, 0.15) is 43.4 Å². The Morgan fingerprint density at radius 1 is 1.35 bits per heavy atom. The van der Waals surface area contributed by atoms with Crippen molar-refractivity contribution in [2.75, 3.05) is 33.4 Å². The lowest BCUT2D eigenvalue weighted by atomic mass is 9.98. The monoisotopic (exact) mass is 276 g/mol. The molecule has 1 unspecified atom stereocenters. The van der Waals surface area contributed by atoms with Crippen molar-refractivity contribution >= 4 is 0 Å². The summed E-state index contributed by atoms with van der Waals surface area (Å²) in [5.41, 5.74) is 2.33. The van der Waals surface area contributed by atoms with Gasteiger partial charge in [-0.2, -0.15) is 0 Å². The van der Waals surface area contributed by atoms with E-state index in [-0.39, 0.29) is 6.10 Å². The van der Waals surface area contributed by atoms with Gasteiger partial charge in [-0.3, -0.25) is 4.90 Å². The molecule has 1 aromatic heterocycles. The Morgan fingerprint density at radius 3 is 2.75 bits per heavy atom. The molecule has 4 nitrogen and oxygen atoms in total. The van der Waals surface area contributed by atoms with E-state index in [2.05, 4.69) is 37.9 Å². The number of rotatable bonds is 4. The third kappa shape index (κ3) is 2.81. The SMILES string of the molecule is CC(C)c1ccc(C2CCOC2)c(OC2CN(C)C2)n1. The smallest absolute Gasteiger partial charge is 0.217 e. The van der Waals surface area contributed by atoms with Gasteiger partial charge in [0.15, 0.2) is 0 Å². The highest BCUT2D eigenvalue weighted by atomic mass is 16.5. The maximum absolute atomic E-state index is 6.15. The van der Waals surface area contributed by atoms with E-state index in [4.69, 9.17) is 14.5 Å². The summed E-state index contributed by atoms with van der Waals surface area (Å²) in [6, 6.07) is 4.33. The topological polar surface area (TPSA) is 34.6 Å². The minimum Gasteiger partial charge on any atom is -0.471 e. The highest BCUT2D eigenvalue weighted by Gasteiger charge is 2.29. The highest BCUT2D eigenvalue weighted by Crippen LogP contribution is 2.33. The Labute approximate surface area is 121 Å². The minimum atomic E-state index is 0.288. The van der Waals surface area contributed by atoms with Crippen LogP contribution in [0.3, 0.4) is 0 Å². The third-order valence-electron chi connectivity index (χ3n) is 4.18. The summed E-state index contributed by atoms with van der Waals surface area (Å²) in [5.74, 6) is 1.71. The summed E-state index contributed by atoms with van der Waals surface area (Å²) in [6.45, 7) is 7.97. The number of hydrogen-bond donors (Lipinski definition) is 0. The number of pyridine rings is 1. The fourth-order valence-corrected chi connectivity index (χ4v) is 2.85. The van der Waals surface area contributed by atoms with Gasteiger partial charge >= 0.3 is 0 Å². The molecule has 0 aliphatic carbocycles. The third-order valence-corrected chi connectivity index (χ3v) is 4.18. The van der Waals surface area contributed by atoms with Crippen molar-refractivity contribution in [3.8, 4) is 5.88 Å². The molecule has 4 heteroatoms. The van der Waals surface area contributed by atoms with Crippen LogP contribution in [-0.4, -0.2) is 49.3 Å². The first-order valence-corrected chi connectivity index (χ1v) is 7.57. The standard InChI is InChI=1S/C16H24N2O2/c1-11(2)15-5-4-14(12-6-7-19-10-12)16(17-15)20-13-8-18(3)9-13/h4-5,11-13H,6-10H2,1-3H3. The quantitative estimate of drug-likeness (QED) is 0.846. The van der Waals surface area contributed by atoms with E-state index in [1.807, 2.05) is 0 Å². The number of nitrogens with zero attached hydrogens (tertiary/aromatic N) is 2. The zero-order valence-electron chi connectivity index (χ0n) is 12.6. The molecule has 3 heterocycles. The van der Waals surface area contributed by atoms with E-state index in [0.717, 1.165) is 44.3 Å². The summed E-state index contributed by atoms with van der Waals surface area (Å²) in [4.78, 5) is 7.03. The van der Waals surface area contributed by atoms with Crippen LogP contribution in [0.2, 0.25) is 0 Å². The van der Waals surface area contributed by atoms with Gasteiger partial charge in [-0.1, -0.05) is 19.9 Å². The van der Waals surface area contributed by atoms with Gasteiger partial charge in [0.05, 0.1) is 6.61 Å². The predicted molar refractivity (Wildman–Crippen MR) is 78.4 cm³/mol. The second-order valence-electron chi connectivity index (χ2n) is 6.31. The van der Waals surface area contributed by atoms with Gasteiger partial charge in [0, 0.05) is 36.9 Å². The Kier molecular flexibility index (Phi) is 3.94. The predicted octanol–water partition coefficient (Wildman–Crippen LogP) is 2.40. The molecule has 20 heavy (non-hydrogen) atoms. The van der Waals surface area contributed by atoms with Crippen LogP contribution >= 0.6 is 0 Å². The fraction of sp³-hybridized carbons (Fsp3) is 0.688. The van der Waals surface area contributed by atoms with Crippen molar-refractivity contribution in [2.45, 2.75) is 38.2 Å². The van der Waals surface area contributed by atoms with E-state index in [1.54, 1.807) is 0 Å². The molecule has 2 saturated heterocycles. The van der Waals surface area contributed by atoms with Crippen molar-refractivity contribution in [1.82, 2.24) is 9.88 Å². The molecule has 0 amide bonds. The second-order valence-corrected chi connectivity index (χ2v) is 6.31. The molecular formula is C16H24N2O2. The number of aromatic nitrogens is 1. The lowest BCUT2D eigenvalue weighted by molar-refractivity contribution is 0.0343. The number of likely N-dealkylation sites (tertiary alicyclic amines) is 1. The van der Waals surface area contributed by atoms with Crippen LogP contribution in [0.4, 0.5) is 0 Å². The Balaban J connectivity index is 1.83. The number of hydrogen-bond acceptors (Lipinski definition) is 4. The summed E-state index contributed by atoms with van der Waals surface area (Å²) >= 11 is 0. The fourth-order valence-electron chi connectivity index (χ4n) is 2.85. The van der Waals surface area contributed by atoms with Crippen molar-refractivity contribution in [3.63, 3.8) is 0 Å². The summed E-state index contributed by atoms with van der Waals surface area (Å²) in [5, 5.41) is 0. The van der Waals surface area contributed by atoms with Crippen LogP contribution in [0.5, 0.6) is 5.88 Å². The molecule has 0 bridgehead atoms. The summed E-state index contributed by atoms with van der Waals surface area (Å²) in [7, 11) is 2.11. The molecule has 1 aromatic rings. The first-order chi connectivity index (χ1) is 9.63. The second kappa shape index (κ2) is 5.70. The maximum atomic E-state index is 6.15. The lowest BCUT2D eigenvalue weighted by Gasteiger charge is -2.36. The molecule has 0 spiro atoms. The van der Waals surface area contributed by atoms with E-state index in [1.165, 1.54) is 5.56 Å². The van der Waals surface area contributed by atoms with Crippen molar-refractivity contribution in [1.29, 1.82) is 0 Å². The molecule has 0 radical (unpaired) electrons. The van der Waals surface area contributed by atoms with E-state index < -0.39 is 0 Å². The Morgan fingerprint density at radius 2 is 2.15 bits per heavy atom. The van der Waals surface area contributed by atoms with Crippen LogP contribution in [0.15, 0.2) is 12.1 Å². The van der Waals surface area contributed by atoms with Gasteiger partial charge in [0.25, 0.3) is 0 Å². The van der Waals surface area contributed by atoms with E-state index >= 15 is 0 Å². The minimum absolute atomic E-state index is 0.288. The first kappa shape index (κ1) is 13.8. The van der Waals surface area contributed by atoms with E-state index in [9.17, 15) is 0 Å². The lowest BCUT2D eigenvalue weighted by Crippen LogP contribution is -2.51. The van der Waals surface area contributed by atoms with Crippen LogP contribution in [-0.2, 0) is 4.74 Å². The molecule has 2 aliphatic rings. The van der Waals surface area contributed by atoms with Crippen LogP contribution < -0.4 is 4.74 Å². The van der Waals surface area contributed by atoms with Crippen molar-refractivity contribution in [3.05, 3.63) is 23.4 Å². The zero-order chi connectivity index (χ0) is 14.1. The normalized spacial score (nSPS) is 24.1. The maximum Gasteiger partial charge on any atom is 0.217 e. The molecule has 0 saturated carbocycles. The average Bonchev–Trinajstić information content (AvgIpc) is 2.90. The molecule has 0 aromatic carbocycles. The van der Waals surface area contributed by atoms with Crippen LogP contribution in [0.25, 0.3) is 0 Å². The van der Waals surface area contributed by atoms with Gasteiger partial charge in [0.2, 0.25) is 5.88 Å². The number of ether oxygens (including phenoxy) is 2. The highest BCUT2D eigenvalue weighted by molar-refractivity contribution is 5.33. The molecule has 2 fully saturated rings. The summed E-state index contributed by atoms with van der Waals surface area (Å²) in [6.07, 6.45) is 1.36. The Hall–Kier alpha value is -1.13. The molecule has 2 aliphatic heterocycles. The molecule has 110 valence electrons. The Bertz CT molecular complexity index is 464. The van der Waals surface area contributed by atoms with Crippen LogP contribution in [0, 0.1) is 0 Å². The van der Waals surface area contributed by atoms with Gasteiger partial charge in [-0.05, 0) is 25.5 Å². The van der Waals surface area contributed by atoms with Gasteiger partial charge in [0.1, 0.15) is 6.10 Å². The molecule has 3 rings (SSSR count). The van der Waals surface area contributed by atoms with Gasteiger partial charge in [-0.15, -0.1) is 0 Å². The largest absolute Gasteiger partial charge is 0.471 e. The van der Waals surface area contributed by atoms with E-state index in [0.29, 0.717) is 11.8 Å². The van der Waals surface area contributed by atoms with Gasteiger partial charge in [-0.25, -0.2) is 4.98 Å². The van der Waals surface area contributed by atoms with Crippen molar-refractivity contribution < 1.29 is 9.47 Å².